The van der Waals surface area contributed by atoms with E-state index in [1.807, 2.05) is 126 Å². The normalized spacial score (nSPS) is 13.3. The van der Waals surface area contributed by atoms with Crippen LogP contribution in [0, 0.1) is 0 Å². The molecule has 0 aliphatic carbocycles. The average Bonchev–Trinajstić information content (AvgIpc) is 2.84. The molecule has 4 amide bonds. The van der Waals surface area contributed by atoms with Gasteiger partial charge in [-0.05, 0) is 63.8 Å². The van der Waals surface area contributed by atoms with Crippen LogP contribution in [0.1, 0.15) is 75.9 Å². The summed E-state index contributed by atoms with van der Waals surface area (Å²) in [5.41, 5.74) is 2.71. The van der Waals surface area contributed by atoms with Gasteiger partial charge in [-0.3, -0.25) is 0 Å². The van der Waals surface area contributed by atoms with Crippen molar-refractivity contribution in [2.75, 3.05) is 0 Å². The Balaban J connectivity index is 1.65. The summed E-state index contributed by atoms with van der Waals surface area (Å²) >= 11 is 0. The maximum atomic E-state index is 12.8. The van der Waals surface area contributed by atoms with Crippen molar-refractivity contribution in [1.29, 1.82) is 0 Å². The Hall–Kier alpha value is -3.80. The molecule has 2 atom stereocenters. The highest BCUT2D eigenvalue weighted by atomic mass is 16.2. The maximum Gasteiger partial charge on any atom is 0.315 e. The lowest BCUT2D eigenvalue weighted by molar-refractivity contribution is 0.226. The van der Waals surface area contributed by atoms with Gasteiger partial charge in [-0.1, -0.05) is 84.9 Å². The molecule has 4 N–H and O–H groups in total. The SMILES string of the molecule is CC(NC(=O)NC(C)(C)c1cccc(C(C)(C)NC(=O)NC(C)c2ccccc2)c1)c1ccccc1. The molecule has 0 radical (unpaired) electrons. The number of amides is 4. The molecule has 36 heavy (non-hydrogen) atoms. The van der Waals surface area contributed by atoms with Gasteiger partial charge in [0.1, 0.15) is 0 Å². The Labute approximate surface area is 214 Å². The molecule has 3 aromatic carbocycles. The van der Waals surface area contributed by atoms with E-state index in [-0.39, 0.29) is 24.1 Å². The number of benzene rings is 3. The van der Waals surface area contributed by atoms with Gasteiger partial charge in [-0.15, -0.1) is 0 Å². The van der Waals surface area contributed by atoms with Crippen molar-refractivity contribution >= 4 is 12.1 Å². The van der Waals surface area contributed by atoms with E-state index in [4.69, 9.17) is 0 Å². The minimum Gasteiger partial charge on any atom is -0.332 e. The zero-order chi connectivity index (χ0) is 26.3. The number of carbonyl (C=O) groups excluding carboxylic acids is 2. The van der Waals surface area contributed by atoms with E-state index < -0.39 is 11.1 Å². The van der Waals surface area contributed by atoms with E-state index in [1.165, 1.54) is 0 Å². The monoisotopic (exact) mass is 486 g/mol. The van der Waals surface area contributed by atoms with Crippen LogP contribution in [0.2, 0.25) is 0 Å². The molecular weight excluding hydrogens is 448 g/mol. The summed E-state index contributed by atoms with van der Waals surface area (Å²) < 4.78 is 0. The first-order valence-corrected chi connectivity index (χ1v) is 12.4. The number of hydrogen-bond acceptors (Lipinski definition) is 2. The fourth-order valence-corrected chi connectivity index (χ4v) is 4.12. The van der Waals surface area contributed by atoms with Crippen LogP contribution >= 0.6 is 0 Å². The third-order valence-corrected chi connectivity index (χ3v) is 6.45. The first-order valence-electron chi connectivity index (χ1n) is 12.4. The van der Waals surface area contributed by atoms with Gasteiger partial charge < -0.3 is 21.3 Å². The Bertz CT molecular complexity index is 1070. The van der Waals surface area contributed by atoms with Crippen molar-refractivity contribution in [2.24, 2.45) is 0 Å². The van der Waals surface area contributed by atoms with Crippen molar-refractivity contribution in [3.63, 3.8) is 0 Å². The van der Waals surface area contributed by atoms with Crippen LogP contribution < -0.4 is 21.3 Å². The lowest BCUT2D eigenvalue weighted by atomic mass is 9.87. The molecule has 6 nitrogen and oxygen atoms in total. The summed E-state index contributed by atoms with van der Waals surface area (Å²) in [5, 5.41) is 12.2. The van der Waals surface area contributed by atoms with Crippen LogP contribution in [0.25, 0.3) is 0 Å². The second kappa shape index (κ2) is 11.3. The van der Waals surface area contributed by atoms with Gasteiger partial charge in [0, 0.05) is 0 Å². The molecular formula is C30H38N4O2. The smallest absolute Gasteiger partial charge is 0.315 e. The number of rotatable bonds is 8. The molecule has 6 heteroatoms. The van der Waals surface area contributed by atoms with E-state index in [0.29, 0.717) is 0 Å². The average molecular weight is 487 g/mol. The molecule has 3 rings (SSSR count). The molecule has 0 saturated carbocycles. The van der Waals surface area contributed by atoms with Crippen molar-refractivity contribution in [3.8, 4) is 0 Å². The number of nitrogens with one attached hydrogen (secondary N) is 4. The summed E-state index contributed by atoms with van der Waals surface area (Å²) in [7, 11) is 0. The highest BCUT2D eigenvalue weighted by molar-refractivity contribution is 5.76. The first kappa shape index (κ1) is 26.8. The quantitative estimate of drug-likeness (QED) is 0.302. The number of hydrogen-bond donors (Lipinski definition) is 4. The second-order valence-corrected chi connectivity index (χ2v) is 10.3. The van der Waals surface area contributed by atoms with Gasteiger partial charge in [0.25, 0.3) is 0 Å². The molecule has 0 spiro atoms. The van der Waals surface area contributed by atoms with Gasteiger partial charge in [-0.2, -0.15) is 0 Å². The third kappa shape index (κ3) is 7.11. The molecule has 0 aliphatic rings. The maximum absolute atomic E-state index is 12.8. The fourth-order valence-electron chi connectivity index (χ4n) is 4.12. The molecule has 190 valence electrons. The minimum atomic E-state index is -0.628. The lowest BCUT2D eigenvalue weighted by Crippen LogP contribution is -2.48. The van der Waals surface area contributed by atoms with E-state index >= 15 is 0 Å². The molecule has 0 aliphatic heterocycles. The zero-order valence-corrected chi connectivity index (χ0v) is 22.1. The van der Waals surface area contributed by atoms with Crippen molar-refractivity contribution < 1.29 is 9.59 Å². The highest BCUT2D eigenvalue weighted by Gasteiger charge is 2.28. The minimum absolute atomic E-state index is 0.117. The summed E-state index contributed by atoms with van der Waals surface area (Å²) in [6.07, 6.45) is 0. The Morgan fingerprint density at radius 1 is 0.583 bits per heavy atom. The highest BCUT2D eigenvalue weighted by Crippen LogP contribution is 2.27. The second-order valence-electron chi connectivity index (χ2n) is 10.3. The van der Waals surface area contributed by atoms with Crippen LogP contribution in [0.5, 0.6) is 0 Å². The third-order valence-electron chi connectivity index (χ3n) is 6.45. The molecule has 0 saturated heterocycles. The van der Waals surface area contributed by atoms with Crippen LogP contribution in [0.4, 0.5) is 9.59 Å². The summed E-state index contributed by atoms with van der Waals surface area (Å²) in [4.78, 5) is 25.6. The van der Waals surface area contributed by atoms with Crippen LogP contribution in [-0.4, -0.2) is 12.1 Å². The van der Waals surface area contributed by atoms with Gasteiger partial charge in [0.2, 0.25) is 0 Å². The summed E-state index contributed by atoms with van der Waals surface area (Å²) in [6, 6.07) is 26.9. The fraction of sp³-hybridized carbons (Fsp3) is 0.333. The van der Waals surface area contributed by atoms with Crippen LogP contribution in [0.3, 0.4) is 0 Å². The Morgan fingerprint density at radius 2 is 0.944 bits per heavy atom. The van der Waals surface area contributed by atoms with Gasteiger partial charge >= 0.3 is 12.1 Å². The lowest BCUT2D eigenvalue weighted by Gasteiger charge is -2.32. The summed E-state index contributed by atoms with van der Waals surface area (Å²) in [5.74, 6) is 0. The molecule has 0 heterocycles. The van der Waals surface area contributed by atoms with Gasteiger partial charge in [0.05, 0.1) is 23.2 Å². The number of carbonyl (C=O) groups is 2. The molecule has 0 fully saturated rings. The van der Waals surface area contributed by atoms with E-state index in [9.17, 15) is 9.59 Å². The van der Waals surface area contributed by atoms with E-state index in [0.717, 1.165) is 22.3 Å². The van der Waals surface area contributed by atoms with Gasteiger partial charge in [-0.25, -0.2) is 9.59 Å². The van der Waals surface area contributed by atoms with Gasteiger partial charge in [0.15, 0.2) is 0 Å². The molecule has 0 aromatic heterocycles. The number of urea groups is 2. The molecule has 2 unspecified atom stereocenters. The predicted octanol–water partition coefficient (Wildman–Crippen LogP) is 6.28. The van der Waals surface area contributed by atoms with Crippen LogP contribution in [0.15, 0.2) is 84.9 Å². The Kier molecular flexibility index (Phi) is 8.41. The Morgan fingerprint density at radius 3 is 1.31 bits per heavy atom. The van der Waals surface area contributed by atoms with E-state index in [2.05, 4.69) is 21.3 Å². The topological polar surface area (TPSA) is 82.3 Å². The zero-order valence-electron chi connectivity index (χ0n) is 22.1. The largest absolute Gasteiger partial charge is 0.332 e. The van der Waals surface area contributed by atoms with Crippen molar-refractivity contribution in [2.45, 2.75) is 64.7 Å². The molecule has 3 aromatic rings. The predicted molar refractivity (Wildman–Crippen MR) is 146 cm³/mol. The standard InChI is InChI=1S/C30H38N4O2/c1-21(23-14-9-7-10-15-23)31-27(35)33-29(3,4)25-18-13-19-26(20-25)30(5,6)34-28(36)32-22(2)24-16-11-8-12-17-24/h7-22H,1-6H3,(H2,31,33,35)(H2,32,34,36). The van der Waals surface area contributed by atoms with Crippen molar-refractivity contribution in [1.82, 2.24) is 21.3 Å². The van der Waals surface area contributed by atoms with Crippen LogP contribution in [-0.2, 0) is 11.1 Å². The first-order chi connectivity index (χ1) is 17.0. The van der Waals surface area contributed by atoms with E-state index in [1.54, 1.807) is 0 Å². The van der Waals surface area contributed by atoms with Crippen molar-refractivity contribution in [3.05, 3.63) is 107 Å². The summed E-state index contributed by atoms with van der Waals surface area (Å²) in [6.45, 7) is 11.8. The molecule has 0 bridgehead atoms.